The molecule has 0 bridgehead atoms. The second-order valence-electron chi connectivity index (χ2n) is 4.56. The van der Waals surface area contributed by atoms with Gasteiger partial charge in [0.05, 0.1) is 7.11 Å². The highest BCUT2D eigenvalue weighted by molar-refractivity contribution is 5.80. The summed E-state index contributed by atoms with van der Waals surface area (Å²) in [7, 11) is 1.65. The van der Waals surface area contributed by atoms with Gasteiger partial charge in [-0.15, -0.1) is 6.42 Å². The van der Waals surface area contributed by atoms with Crippen LogP contribution < -0.4 is 4.74 Å². The number of terminal acetylenes is 1. The van der Waals surface area contributed by atoms with Crippen molar-refractivity contribution in [2.24, 2.45) is 0 Å². The molecule has 0 N–H and O–H groups in total. The Hall–Kier alpha value is -2.66. The summed E-state index contributed by atoms with van der Waals surface area (Å²) in [6, 6.07) is 17.7. The van der Waals surface area contributed by atoms with Gasteiger partial charge in [0.2, 0.25) is 0 Å². The summed E-state index contributed by atoms with van der Waals surface area (Å²) in [5.41, 5.74) is 1.87. The summed E-state index contributed by atoms with van der Waals surface area (Å²) in [5.74, 6) is 4.21. The number of hydrogen-bond acceptors (Lipinski definition) is 2. The zero-order valence-corrected chi connectivity index (χ0v) is 11.2. The van der Waals surface area contributed by atoms with Crippen LogP contribution in [0, 0.1) is 12.3 Å². The van der Waals surface area contributed by atoms with Crippen LogP contribution in [-0.2, 0) is 0 Å². The van der Waals surface area contributed by atoms with Crippen molar-refractivity contribution in [3.8, 4) is 18.1 Å². The Kier molecular flexibility index (Phi) is 3.18. The predicted octanol–water partition coefficient (Wildman–Crippen LogP) is 4.21. The van der Waals surface area contributed by atoms with Crippen LogP contribution >= 0.6 is 0 Å². The first-order valence-corrected chi connectivity index (χ1v) is 6.40. The normalized spacial score (nSPS) is 12.0. The standard InChI is InChI=1S/C18H14O2/c1-3-16(13-7-5-4-6-8-13)18-12-14-11-15(19-2)9-10-17(14)20-18/h1,4-12,16H,2H3. The van der Waals surface area contributed by atoms with Crippen LogP contribution in [0.2, 0.25) is 0 Å². The third kappa shape index (κ3) is 2.15. The maximum Gasteiger partial charge on any atom is 0.134 e. The van der Waals surface area contributed by atoms with Gasteiger partial charge in [-0.25, -0.2) is 0 Å². The van der Waals surface area contributed by atoms with Gasteiger partial charge in [0.25, 0.3) is 0 Å². The summed E-state index contributed by atoms with van der Waals surface area (Å²) < 4.78 is 11.1. The van der Waals surface area contributed by atoms with E-state index in [2.05, 4.69) is 5.92 Å². The number of hydrogen-bond donors (Lipinski definition) is 0. The number of benzene rings is 2. The van der Waals surface area contributed by atoms with E-state index in [1.165, 1.54) is 0 Å². The maximum atomic E-state index is 5.88. The first-order valence-electron chi connectivity index (χ1n) is 6.40. The van der Waals surface area contributed by atoms with Gasteiger partial charge in [-0.2, -0.15) is 0 Å². The quantitative estimate of drug-likeness (QED) is 0.660. The molecule has 2 heteroatoms. The van der Waals surface area contributed by atoms with Crippen molar-refractivity contribution in [2.75, 3.05) is 7.11 Å². The zero-order valence-electron chi connectivity index (χ0n) is 11.2. The molecule has 0 aliphatic carbocycles. The van der Waals surface area contributed by atoms with Crippen molar-refractivity contribution in [3.63, 3.8) is 0 Å². The van der Waals surface area contributed by atoms with E-state index < -0.39 is 0 Å². The molecule has 1 aromatic heterocycles. The lowest BCUT2D eigenvalue weighted by Gasteiger charge is -2.07. The lowest BCUT2D eigenvalue weighted by atomic mass is 9.97. The minimum Gasteiger partial charge on any atom is -0.497 e. The number of rotatable bonds is 3. The molecule has 1 atom stereocenters. The topological polar surface area (TPSA) is 22.4 Å². The van der Waals surface area contributed by atoms with E-state index in [1.54, 1.807) is 7.11 Å². The Bertz CT molecular complexity index is 763. The van der Waals surface area contributed by atoms with Gasteiger partial charge in [0, 0.05) is 5.39 Å². The molecule has 20 heavy (non-hydrogen) atoms. The van der Waals surface area contributed by atoms with Gasteiger partial charge in [0.1, 0.15) is 23.0 Å². The number of ether oxygens (including phenoxy) is 1. The third-order valence-electron chi connectivity index (χ3n) is 3.33. The molecule has 2 nitrogen and oxygen atoms in total. The average molecular weight is 262 g/mol. The van der Waals surface area contributed by atoms with Crippen LogP contribution in [0.3, 0.4) is 0 Å². The van der Waals surface area contributed by atoms with Crippen molar-refractivity contribution in [2.45, 2.75) is 5.92 Å². The lowest BCUT2D eigenvalue weighted by Crippen LogP contribution is -1.95. The fraction of sp³-hybridized carbons (Fsp3) is 0.111. The van der Waals surface area contributed by atoms with Crippen molar-refractivity contribution in [1.29, 1.82) is 0 Å². The molecule has 0 radical (unpaired) electrons. The van der Waals surface area contributed by atoms with E-state index in [0.29, 0.717) is 0 Å². The Balaban J connectivity index is 2.07. The summed E-state index contributed by atoms with van der Waals surface area (Å²) in [5, 5.41) is 0.996. The molecule has 0 amide bonds. The molecule has 0 saturated carbocycles. The maximum absolute atomic E-state index is 5.88. The van der Waals surface area contributed by atoms with E-state index in [-0.39, 0.29) is 5.92 Å². The third-order valence-corrected chi connectivity index (χ3v) is 3.33. The average Bonchev–Trinajstić information content (AvgIpc) is 2.91. The lowest BCUT2D eigenvalue weighted by molar-refractivity contribution is 0.415. The largest absolute Gasteiger partial charge is 0.497 e. The number of fused-ring (bicyclic) bond motifs is 1. The second kappa shape index (κ2) is 5.14. The van der Waals surface area contributed by atoms with E-state index >= 15 is 0 Å². The van der Waals surface area contributed by atoms with Gasteiger partial charge in [-0.1, -0.05) is 36.3 Å². The van der Waals surface area contributed by atoms with Crippen LogP contribution in [0.25, 0.3) is 11.0 Å². The molecule has 1 heterocycles. The Labute approximate surface area is 118 Å². The smallest absolute Gasteiger partial charge is 0.134 e. The van der Waals surface area contributed by atoms with Crippen LogP contribution in [0.15, 0.2) is 59.0 Å². The summed E-state index contributed by atoms with van der Waals surface area (Å²) in [4.78, 5) is 0. The Morgan fingerprint density at radius 1 is 1.10 bits per heavy atom. The molecule has 0 fully saturated rings. The van der Waals surface area contributed by atoms with E-state index in [1.807, 2.05) is 54.6 Å². The molecule has 0 spiro atoms. The predicted molar refractivity (Wildman–Crippen MR) is 79.9 cm³/mol. The van der Waals surface area contributed by atoms with Crippen molar-refractivity contribution < 1.29 is 9.15 Å². The molecular formula is C18H14O2. The second-order valence-corrected chi connectivity index (χ2v) is 4.56. The molecule has 1 unspecified atom stereocenters. The summed E-state index contributed by atoms with van der Waals surface area (Å²) in [6.45, 7) is 0. The summed E-state index contributed by atoms with van der Waals surface area (Å²) in [6.07, 6.45) is 5.68. The monoisotopic (exact) mass is 262 g/mol. The van der Waals surface area contributed by atoms with Gasteiger partial charge >= 0.3 is 0 Å². The molecule has 0 aliphatic heterocycles. The molecule has 0 saturated heterocycles. The van der Waals surface area contributed by atoms with E-state index in [0.717, 1.165) is 28.0 Å². The van der Waals surface area contributed by atoms with Gasteiger partial charge < -0.3 is 9.15 Å². The minimum atomic E-state index is -0.172. The van der Waals surface area contributed by atoms with Crippen LogP contribution in [0.4, 0.5) is 0 Å². The number of methoxy groups -OCH3 is 1. The molecule has 0 aliphatic rings. The highest BCUT2D eigenvalue weighted by Crippen LogP contribution is 2.31. The molecule has 2 aromatic carbocycles. The Morgan fingerprint density at radius 2 is 1.90 bits per heavy atom. The highest BCUT2D eigenvalue weighted by atomic mass is 16.5. The first-order chi connectivity index (χ1) is 9.81. The summed E-state index contributed by atoms with van der Waals surface area (Å²) >= 11 is 0. The van der Waals surface area contributed by atoms with E-state index in [4.69, 9.17) is 15.6 Å². The Morgan fingerprint density at radius 3 is 2.60 bits per heavy atom. The zero-order chi connectivity index (χ0) is 13.9. The molecular weight excluding hydrogens is 248 g/mol. The first kappa shape index (κ1) is 12.4. The SMILES string of the molecule is C#CC(c1ccccc1)c1cc2cc(OC)ccc2o1. The molecule has 98 valence electrons. The van der Waals surface area contributed by atoms with Gasteiger partial charge in [-0.05, 0) is 29.8 Å². The van der Waals surface area contributed by atoms with Crippen molar-refractivity contribution in [3.05, 3.63) is 65.9 Å². The highest BCUT2D eigenvalue weighted by Gasteiger charge is 2.16. The fourth-order valence-corrected chi connectivity index (χ4v) is 2.30. The fourth-order valence-electron chi connectivity index (χ4n) is 2.30. The van der Waals surface area contributed by atoms with Crippen LogP contribution in [0.1, 0.15) is 17.2 Å². The van der Waals surface area contributed by atoms with Crippen molar-refractivity contribution >= 4 is 11.0 Å². The van der Waals surface area contributed by atoms with Crippen LogP contribution in [0.5, 0.6) is 5.75 Å². The molecule has 3 aromatic rings. The van der Waals surface area contributed by atoms with Gasteiger partial charge in [-0.3, -0.25) is 0 Å². The molecule has 3 rings (SSSR count). The van der Waals surface area contributed by atoms with Crippen LogP contribution in [-0.4, -0.2) is 7.11 Å². The van der Waals surface area contributed by atoms with Gasteiger partial charge in [0.15, 0.2) is 0 Å². The minimum absolute atomic E-state index is 0.172. The van der Waals surface area contributed by atoms with Crippen molar-refractivity contribution in [1.82, 2.24) is 0 Å². The number of furan rings is 1. The van der Waals surface area contributed by atoms with E-state index in [9.17, 15) is 0 Å².